The molecule has 1 aromatic rings. The van der Waals surface area contributed by atoms with Gasteiger partial charge < -0.3 is 9.80 Å². The molecule has 0 aliphatic rings. The van der Waals surface area contributed by atoms with Crippen LogP contribution in [0, 0.1) is 11.3 Å². The van der Waals surface area contributed by atoms with E-state index in [1.54, 1.807) is 0 Å². The Labute approximate surface area is 111 Å². The van der Waals surface area contributed by atoms with E-state index in [-0.39, 0.29) is 0 Å². The Morgan fingerprint density at radius 3 is 2.06 bits per heavy atom. The van der Waals surface area contributed by atoms with Crippen LogP contribution in [0.1, 0.15) is 5.56 Å². The fourth-order valence-electron chi connectivity index (χ4n) is 1.74. The maximum Gasteiger partial charge on any atom is 0.122 e. The molecule has 4 heteroatoms. The second kappa shape index (κ2) is 5.74. The molecule has 0 aliphatic carbocycles. The lowest BCUT2D eigenvalue weighted by Crippen LogP contribution is -2.26. The van der Waals surface area contributed by atoms with Crippen molar-refractivity contribution in [3.63, 3.8) is 0 Å². The Morgan fingerprint density at radius 1 is 1.12 bits per heavy atom. The highest BCUT2D eigenvalue weighted by molar-refractivity contribution is 9.10. The fourth-order valence-corrected chi connectivity index (χ4v) is 2.22. The average Bonchev–Trinajstić information content (AvgIpc) is 2.25. The molecule has 0 bridgehead atoms. The lowest BCUT2D eigenvalue weighted by atomic mass is 10.1. The van der Waals surface area contributed by atoms with Gasteiger partial charge in [-0.05, 0) is 6.07 Å². The minimum atomic E-state index is 0.660. The molecule has 0 fully saturated rings. The van der Waals surface area contributed by atoms with Crippen molar-refractivity contribution in [3.8, 4) is 6.07 Å². The fraction of sp³-hybridized carbons (Fsp3) is 0.308. The van der Waals surface area contributed by atoms with Crippen LogP contribution in [0.3, 0.4) is 0 Å². The van der Waals surface area contributed by atoms with Crippen molar-refractivity contribution in [1.29, 1.82) is 5.26 Å². The predicted octanol–water partition coefficient (Wildman–Crippen LogP) is 2.76. The number of allylic oxidation sites excluding steroid dienone is 1. The first-order valence-corrected chi connectivity index (χ1v) is 6.02. The van der Waals surface area contributed by atoms with Gasteiger partial charge in [-0.25, -0.2) is 0 Å². The van der Waals surface area contributed by atoms with Gasteiger partial charge in [-0.2, -0.15) is 5.26 Å². The number of nitrogens with zero attached hydrogens (tertiary/aromatic N) is 3. The van der Waals surface area contributed by atoms with Crippen molar-refractivity contribution in [2.45, 2.75) is 0 Å². The third-order valence-corrected chi connectivity index (χ3v) is 3.02. The third kappa shape index (κ3) is 3.01. The van der Waals surface area contributed by atoms with Gasteiger partial charge in [0.2, 0.25) is 0 Å². The zero-order valence-electron chi connectivity index (χ0n) is 10.5. The van der Waals surface area contributed by atoms with Crippen LogP contribution >= 0.6 is 15.9 Å². The second-order valence-corrected chi connectivity index (χ2v) is 4.93. The van der Waals surface area contributed by atoms with Crippen molar-refractivity contribution >= 4 is 21.5 Å². The van der Waals surface area contributed by atoms with Gasteiger partial charge in [-0.1, -0.05) is 34.1 Å². The molecule has 0 heterocycles. The summed E-state index contributed by atoms with van der Waals surface area (Å²) in [7, 11) is 7.74. The number of halogens is 1. The SMILES string of the molecule is CN(C)C(=C(C#N)c1ccccc1Br)N(C)C. The summed E-state index contributed by atoms with van der Waals surface area (Å²) >= 11 is 3.48. The Bertz CT molecular complexity index is 460. The smallest absolute Gasteiger partial charge is 0.122 e. The van der Waals surface area contributed by atoms with E-state index in [4.69, 9.17) is 0 Å². The summed E-state index contributed by atoms with van der Waals surface area (Å²) in [6.45, 7) is 0. The summed E-state index contributed by atoms with van der Waals surface area (Å²) < 4.78 is 0.928. The summed E-state index contributed by atoms with van der Waals surface area (Å²) in [5, 5.41) is 9.39. The Balaban J connectivity index is 3.47. The summed E-state index contributed by atoms with van der Waals surface area (Å²) in [6, 6.07) is 10.0. The van der Waals surface area contributed by atoms with Gasteiger partial charge in [0.05, 0.1) is 0 Å². The molecule has 0 N–H and O–H groups in total. The van der Waals surface area contributed by atoms with E-state index < -0.39 is 0 Å². The highest BCUT2D eigenvalue weighted by atomic mass is 79.9. The first-order valence-electron chi connectivity index (χ1n) is 5.23. The van der Waals surface area contributed by atoms with E-state index in [0.717, 1.165) is 15.9 Å². The van der Waals surface area contributed by atoms with Crippen molar-refractivity contribution in [2.75, 3.05) is 28.2 Å². The van der Waals surface area contributed by atoms with Crippen molar-refractivity contribution < 1.29 is 0 Å². The first kappa shape index (κ1) is 13.6. The molecule has 17 heavy (non-hydrogen) atoms. The van der Waals surface area contributed by atoms with Crippen LogP contribution in [0.15, 0.2) is 34.6 Å². The van der Waals surface area contributed by atoms with Gasteiger partial charge in [-0.15, -0.1) is 0 Å². The largest absolute Gasteiger partial charge is 0.363 e. The standard InChI is InChI=1S/C13H16BrN3/c1-16(2)13(17(3)4)11(9-15)10-7-5-6-8-12(10)14/h5-8H,1-4H3. The molecule has 0 atom stereocenters. The molecule has 0 unspecified atom stereocenters. The predicted molar refractivity (Wildman–Crippen MR) is 74.0 cm³/mol. The lowest BCUT2D eigenvalue weighted by Gasteiger charge is -2.26. The van der Waals surface area contributed by atoms with E-state index in [1.165, 1.54) is 0 Å². The zero-order valence-corrected chi connectivity index (χ0v) is 12.1. The highest BCUT2D eigenvalue weighted by Crippen LogP contribution is 2.27. The van der Waals surface area contributed by atoms with Crippen molar-refractivity contribution in [3.05, 3.63) is 40.1 Å². The van der Waals surface area contributed by atoms with Gasteiger partial charge in [-0.3, -0.25) is 0 Å². The van der Waals surface area contributed by atoms with Crippen LogP contribution < -0.4 is 0 Å². The van der Waals surface area contributed by atoms with Crippen LogP contribution in [0.4, 0.5) is 0 Å². The van der Waals surface area contributed by atoms with E-state index in [1.807, 2.05) is 62.3 Å². The van der Waals surface area contributed by atoms with E-state index >= 15 is 0 Å². The quantitative estimate of drug-likeness (QED) is 0.803. The number of rotatable bonds is 3. The summed E-state index contributed by atoms with van der Waals surface area (Å²) in [4.78, 5) is 3.88. The van der Waals surface area contributed by atoms with Crippen LogP contribution in [0.25, 0.3) is 5.57 Å². The van der Waals surface area contributed by atoms with Crippen LogP contribution in [0.5, 0.6) is 0 Å². The maximum absolute atomic E-state index is 9.39. The Hall–Kier alpha value is -1.47. The molecule has 1 rings (SSSR count). The van der Waals surface area contributed by atoms with Crippen LogP contribution in [-0.4, -0.2) is 38.0 Å². The van der Waals surface area contributed by atoms with Crippen LogP contribution in [0.2, 0.25) is 0 Å². The maximum atomic E-state index is 9.39. The van der Waals surface area contributed by atoms with Gasteiger partial charge in [0.15, 0.2) is 0 Å². The molecule has 3 nitrogen and oxygen atoms in total. The van der Waals surface area contributed by atoms with Gasteiger partial charge in [0.25, 0.3) is 0 Å². The third-order valence-electron chi connectivity index (χ3n) is 2.33. The topological polar surface area (TPSA) is 30.3 Å². The summed E-state index contributed by atoms with van der Waals surface area (Å²) in [6.07, 6.45) is 0. The summed E-state index contributed by atoms with van der Waals surface area (Å²) in [5.41, 5.74) is 1.57. The van der Waals surface area contributed by atoms with Gasteiger partial charge in [0, 0.05) is 38.2 Å². The van der Waals surface area contributed by atoms with Crippen LogP contribution in [-0.2, 0) is 0 Å². The summed E-state index contributed by atoms with van der Waals surface area (Å²) in [5.74, 6) is 0.888. The van der Waals surface area contributed by atoms with E-state index in [9.17, 15) is 5.26 Å². The number of hydrogen-bond donors (Lipinski definition) is 0. The molecule has 0 amide bonds. The molecule has 0 saturated heterocycles. The molecular weight excluding hydrogens is 278 g/mol. The van der Waals surface area contributed by atoms with Gasteiger partial charge >= 0.3 is 0 Å². The minimum Gasteiger partial charge on any atom is -0.363 e. The molecule has 0 aliphatic heterocycles. The molecule has 0 aromatic heterocycles. The average molecular weight is 294 g/mol. The highest BCUT2D eigenvalue weighted by Gasteiger charge is 2.15. The number of hydrogen-bond acceptors (Lipinski definition) is 3. The normalized spacial score (nSPS) is 9.41. The Morgan fingerprint density at radius 2 is 1.65 bits per heavy atom. The van der Waals surface area contributed by atoms with E-state index in [0.29, 0.717) is 5.57 Å². The van der Waals surface area contributed by atoms with E-state index in [2.05, 4.69) is 22.0 Å². The number of benzene rings is 1. The molecule has 0 saturated carbocycles. The molecule has 90 valence electrons. The minimum absolute atomic E-state index is 0.660. The monoisotopic (exact) mass is 293 g/mol. The Kier molecular flexibility index (Phi) is 4.59. The molecule has 0 spiro atoms. The molecular formula is C13H16BrN3. The van der Waals surface area contributed by atoms with Crippen molar-refractivity contribution in [2.24, 2.45) is 0 Å². The number of nitriles is 1. The molecule has 1 aromatic carbocycles. The van der Waals surface area contributed by atoms with Gasteiger partial charge in [0.1, 0.15) is 17.5 Å². The first-order chi connectivity index (χ1) is 7.99. The van der Waals surface area contributed by atoms with Crippen molar-refractivity contribution in [1.82, 2.24) is 9.80 Å². The lowest BCUT2D eigenvalue weighted by molar-refractivity contribution is 0.346. The zero-order chi connectivity index (χ0) is 13.0. The molecule has 0 radical (unpaired) electrons. The second-order valence-electron chi connectivity index (χ2n) is 4.08.